The number of aromatic nitrogens is 1. The minimum absolute atomic E-state index is 0.0950. The number of nitrogens with zero attached hydrogens (tertiary/aromatic N) is 3. The Bertz CT molecular complexity index is 1040. The molecule has 150 valence electrons. The lowest BCUT2D eigenvalue weighted by atomic mass is 10.2. The minimum Gasteiger partial charge on any atom is -0.493 e. The quantitative estimate of drug-likeness (QED) is 0.297. The van der Waals surface area contributed by atoms with Crippen LogP contribution < -0.4 is 14.9 Å². The van der Waals surface area contributed by atoms with E-state index in [-0.39, 0.29) is 23.8 Å². The number of nitrogens with one attached hydrogen (secondary N) is 1. The fourth-order valence-corrected chi connectivity index (χ4v) is 3.29. The number of hydrogen-bond acceptors (Lipinski definition) is 8. The molecule has 0 amide bonds. The van der Waals surface area contributed by atoms with E-state index in [0.717, 1.165) is 11.3 Å². The molecule has 0 aliphatic heterocycles. The summed E-state index contributed by atoms with van der Waals surface area (Å²) in [5, 5.41) is 18.6. The van der Waals surface area contributed by atoms with E-state index in [1.165, 1.54) is 30.7 Å². The smallest absolute Gasteiger partial charge is 0.315 e. The van der Waals surface area contributed by atoms with Gasteiger partial charge in [-0.15, -0.1) is 11.3 Å². The normalized spacial score (nSPS) is 10.9. The molecule has 1 N–H and O–H groups in total. The molecule has 0 atom stereocenters. The molecule has 0 spiro atoms. The van der Waals surface area contributed by atoms with Crippen molar-refractivity contribution in [1.29, 1.82) is 0 Å². The maximum absolute atomic E-state index is 11.4. The van der Waals surface area contributed by atoms with Gasteiger partial charge in [0.15, 0.2) is 5.75 Å². The van der Waals surface area contributed by atoms with Crippen LogP contribution in [-0.2, 0) is 0 Å². The molecule has 3 rings (SSSR count). The average Bonchev–Trinajstić information content (AvgIpc) is 3.18. The maximum Gasteiger partial charge on any atom is 0.315 e. The van der Waals surface area contributed by atoms with Gasteiger partial charge in [0.1, 0.15) is 0 Å². The molecule has 1 aromatic heterocycles. The van der Waals surface area contributed by atoms with Gasteiger partial charge in [0, 0.05) is 27.6 Å². The lowest BCUT2D eigenvalue weighted by molar-refractivity contribution is -0.385. The first-order chi connectivity index (χ1) is 14.0. The highest BCUT2D eigenvalue weighted by Gasteiger charge is 2.21. The van der Waals surface area contributed by atoms with Crippen molar-refractivity contribution in [2.45, 2.75) is 6.92 Å². The molecule has 10 heteroatoms. The van der Waals surface area contributed by atoms with Gasteiger partial charge in [-0.3, -0.25) is 15.5 Å². The Kier molecular flexibility index (Phi) is 6.63. The van der Waals surface area contributed by atoms with Gasteiger partial charge in [-0.1, -0.05) is 23.7 Å². The maximum atomic E-state index is 11.4. The molecule has 0 radical (unpaired) electrons. The van der Waals surface area contributed by atoms with Crippen molar-refractivity contribution >= 4 is 40.0 Å². The summed E-state index contributed by atoms with van der Waals surface area (Å²) in [6.07, 6.45) is 1.45. The first-order valence-corrected chi connectivity index (χ1v) is 9.77. The zero-order chi connectivity index (χ0) is 20.8. The number of benzene rings is 2. The van der Waals surface area contributed by atoms with Gasteiger partial charge in [0.2, 0.25) is 10.9 Å². The number of nitro groups is 1. The van der Waals surface area contributed by atoms with Crippen LogP contribution in [0.5, 0.6) is 11.5 Å². The summed E-state index contributed by atoms with van der Waals surface area (Å²) in [6, 6.07) is 10.4. The summed E-state index contributed by atoms with van der Waals surface area (Å²) in [4.78, 5) is 15.3. The summed E-state index contributed by atoms with van der Waals surface area (Å²) in [5.74, 6) is 0.361. The van der Waals surface area contributed by atoms with Crippen molar-refractivity contribution in [1.82, 2.24) is 4.98 Å². The summed E-state index contributed by atoms with van der Waals surface area (Å²) < 4.78 is 10.6. The lowest BCUT2D eigenvalue weighted by Gasteiger charge is -2.10. The summed E-state index contributed by atoms with van der Waals surface area (Å²) in [5.41, 5.74) is 4.86. The number of hydrogen-bond donors (Lipinski definition) is 1. The Balaban J connectivity index is 1.77. The number of thiazole rings is 1. The number of nitro benzene ring substituents is 1. The highest BCUT2D eigenvalue weighted by Crippen LogP contribution is 2.38. The summed E-state index contributed by atoms with van der Waals surface area (Å²) in [7, 11) is 1.43. The van der Waals surface area contributed by atoms with E-state index in [9.17, 15) is 10.1 Å². The average molecular weight is 433 g/mol. The van der Waals surface area contributed by atoms with Crippen molar-refractivity contribution in [3.8, 4) is 22.8 Å². The molecule has 0 aliphatic carbocycles. The second-order valence-electron chi connectivity index (χ2n) is 5.68. The second kappa shape index (κ2) is 9.35. The fourth-order valence-electron chi connectivity index (χ4n) is 2.50. The largest absolute Gasteiger partial charge is 0.493 e. The molecule has 0 bridgehead atoms. The second-order valence-corrected chi connectivity index (χ2v) is 6.97. The fraction of sp³-hybridized carbons (Fsp3) is 0.158. The zero-order valence-corrected chi connectivity index (χ0v) is 17.2. The van der Waals surface area contributed by atoms with Gasteiger partial charge in [0.05, 0.1) is 30.5 Å². The van der Waals surface area contributed by atoms with Crippen molar-refractivity contribution < 1.29 is 14.4 Å². The first-order valence-electron chi connectivity index (χ1n) is 8.51. The van der Waals surface area contributed by atoms with Crippen LogP contribution in [0.1, 0.15) is 12.5 Å². The van der Waals surface area contributed by atoms with E-state index < -0.39 is 4.92 Å². The monoisotopic (exact) mass is 432 g/mol. The molecule has 8 nitrogen and oxygen atoms in total. The van der Waals surface area contributed by atoms with E-state index in [1.807, 2.05) is 17.5 Å². The highest BCUT2D eigenvalue weighted by molar-refractivity contribution is 7.14. The molecule has 29 heavy (non-hydrogen) atoms. The third kappa shape index (κ3) is 5.01. The molecular weight excluding hydrogens is 416 g/mol. The van der Waals surface area contributed by atoms with Crippen LogP contribution in [0.4, 0.5) is 10.8 Å². The molecule has 1 heterocycles. The standard InChI is InChI=1S/C19H17ClN4O4S/c1-3-28-18-16(24(25)26)8-12(9-17(18)27-2)10-21-23-19-22-15(11-29-19)13-4-6-14(20)7-5-13/h4-11H,3H2,1-2H3,(H,22,23)/b21-10-. The van der Waals surface area contributed by atoms with Crippen LogP contribution in [0.15, 0.2) is 46.9 Å². The van der Waals surface area contributed by atoms with Crippen LogP contribution in [0, 0.1) is 10.1 Å². The van der Waals surface area contributed by atoms with Crippen LogP contribution in [0.3, 0.4) is 0 Å². The SMILES string of the molecule is CCOc1c(OC)cc(/C=N\Nc2nc(-c3ccc(Cl)cc3)cs2)cc1[N+](=O)[O-]. The van der Waals surface area contributed by atoms with E-state index in [4.69, 9.17) is 21.1 Å². The van der Waals surface area contributed by atoms with Crippen molar-refractivity contribution in [2.24, 2.45) is 5.10 Å². The molecule has 0 saturated heterocycles. The van der Waals surface area contributed by atoms with Crippen LogP contribution >= 0.6 is 22.9 Å². The van der Waals surface area contributed by atoms with Crippen molar-refractivity contribution in [2.75, 3.05) is 19.1 Å². The number of ether oxygens (including phenoxy) is 2. The third-order valence-corrected chi connectivity index (χ3v) is 4.78. The van der Waals surface area contributed by atoms with Gasteiger partial charge in [-0.25, -0.2) is 4.98 Å². The number of rotatable bonds is 8. The molecular formula is C19H17ClN4O4S. The van der Waals surface area contributed by atoms with Crippen LogP contribution in [0.25, 0.3) is 11.3 Å². The predicted octanol–water partition coefficient (Wildman–Crippen LogP) is 5.23. The zero-order valence-electron chi connectivity index (χ0n) is 15.6. The number of anilines is 1. The molecule has 0 fully saturated rings. The Morgan fingerprint density at radius 1 is 1.34 bits per heavy atom. The molecule has 0 saturated carbocycles. The van der Waals surface area contributed by atoms with E-state index >= 15 is 0 Å². The molecule has 0 aliphatic rings. The van der Waals surface area contributed by atoms with Crippen molar-refractivity contribution in [3.05, 3.63) is 62.5 Å². The highest BCUT2D eigenvalue weighted by atomic mass is 35.5. The number of halogens is 1. The Morgan fingerprint density at radius 2 is 2.10 bits per heavy atom. The first kappa shape index (κ1) is 20.6. The van der Waals surface area contributed by atoms with Gasteiger partial charge in [-0.05, 0) is 25.1 Å². The third-order valence-electron chi connectivity index (χ3n) is 3.78. The van der Waals surface area contributed by atoms with Gasteiger partial charge in [-0.2, -0.15) is 5.10 Å². The van der Waals surface area contributed by atoms with Gasteiger partial charge < -0.3 is 9.47 Å². The van der Waals surface area contributed by atoms with Crippen LogP contribution in [0.2, 0.25) is 5.02 Å². The Morgan fingerprint density at radius 3 is 2.76 bits per heavy atom. The molecule has 3 aromatic rings. The molecule has 2 aromatic carbocycles. The van der Waals surface area contributed by atoms with Crippen molar-refractivity contribution in [3.63, 3.8) is 0 Å². The minimum atomic E-state index is -0.516. The Hall–Kier alpha value is -3.17. The van der Waals surface area contributed by atoms with Gasteiger partial charge >= 0.3 is 5.69 Å². The van der Waals surface area contributed by atoms with E-state index in [1.54, 1.807) is 25.1 Å². The predicted molar refractivity (Wildman–Crippen MR) is 115 cm³/mol. The number of methoxy groups -OCH3 is 1. The Labute approximate surface area is 175 Å². The number of hydrazone groups is 1. The van der Waals surface area contributed by atoms with E-state index in [2.05, 4.69) is 15.5 Å². The summed E-state index contributed by atoms with van der Waals surface area (Å²) in [6.45, 7) is 2.03. The molecule has 0 unspecified atom stereocenters. The lowest BCUT2D eigenvalue weighted by Crippen LogP contribution is -2.02. The van der Waals surface area contributed by atoms with Crippen LogP contribution in [-0.4, -0.2) is 29.8 Å². The van der Waals surface area contributed by atoms with Gasteiger partial charge in [0.25, 0.3) is 0 Å². The topological polar surface area (TPSA) is 98.9 Å². The summed E-state index contributed by atoms with van der Waals surface area (Å²) >= 11 is 7.29. The van der Waals surface area contributed by atoms with E-state index in [0.29, 0.717) is 15.7 Å².